The van der Waals surface area contributed by atoms with Gasteiger partial charge in [-0.1, -0.05) is 20.3 Å². The van der Waals surface area contributed by atoms with Gasteiger partial charge in [0.05, 0.1) is 11.3 Å². The van der Waals surface area contributed by atoms with Crippen LogP contribution in [0.3, 0.4) is 0 Å². The molecule has 0 aliphatic heterocycles. The van der Waals surface area contributed by atoms with Crippen LogP contribution in [0.5, 0.6) is 0 Å². The molecule has 5 heteroatoms. The molecule has 1 aliphatic carbocycles. The van der Waals surface area contributed by atoms with Crippen molar-refractivity contribution in [2.45, 2.75) is 33.1 Å². The number of aromatic carboxylic acids is 1. The Morgan fingerprint density at radius 3 is 2.57 bits per heavy atom. The Bertz CT molecular complexity index is 581. The first-order chi connectivity index (χ1) is 9.74. The zero-order chi connectivity index (χ0) is 15.8. The monoisotopic (exact) mass is 290 g/mol. The summed E-state index contributed by atoms with van der Waals surface area (Å²) in [4.78, 5) is 25.5. The summed E-state index contributed by atoms with van der Waals surface area (Å²) in [6, 6.07) is 4.60. The van der Waals surface area contributed by atoms with Gasteiger partial charge in [0.2, 0.25) is 5.91 Å². The second kappa shape index (κ2) is 5.39. The fraction of sp³-hybridized carbons (Fsp3) is 0.500. The largest absolute Gasteiger partial charge is 0.478 e. The van der Waals surface area contributed by atoms with E-state index in [1.54, 1.807) is 19.2 Å². The number of amides is 1. The van der Waals surface area contributed by atoms with Gasteiger partial charge >= 0.3 is 5.97 Å². The third-order valence-electron chi connectivity index (χ3n) is 4.50. The topological polar surface area (TPSA) is 83.6 Å². The molecule has 1 aliphatic rings. The van der Waals surface area contributed by atoms with Crippen LogP contribution in [0.25, 0.3) is 0 Å². The zero-order valence-corrected chi connectivity index (χ0v) is 12.7. The molecule has 0 spiro atoms. The van der Waals surface area contributed by atoms with Gasteiger partial charge in [-0.15, -0.1) is 0 Å². The molecule has 0 heterocycles. The van der Waals surface area contributed by atoms with Gasteiger partial charge in [-0.25, -0.2) is 4.79 Å². The first kappa shape index (κ1) is 15.4. The number of carbonyl (C=O) groups excluding carboxylic acids is 1. The molecule has 1 aromatic rings. The predicted octanol–water partition coefficient (Wildman–Crippen LogP) is 2.76. The lowest BCUT2D eigenvalue weighted by Crippen LogP contribution is -2.38. The number of nitrogens with zero attached hydrogens (tertiary/aromatic N) is 1. The molecule has 0 bridgehead atoms. The van der Waals surface area contributed by atoms with Crippen LogP contribution < -0.4 is 10.6 Å². The minimum absolute atomic E-state index is 0.0234. The second-order valence-corrected chi connectivity index (χ2v) is 6.41. The van der Waals surface area contributed by atoms with E-state index in [4.69, 9.17) is 5.73 Å². The molecule has 114 valence electrons. The van der Waals surface area contributed by atoms with Crippen LogP contribution in [0.4, 0.5) is 11.4 Å². The van der Waals surface area contributed by atoms with E-state index in [1.165, 1.54) is 11.0 Å². The van der Waals surface area contributed by atoms with Crippen molar-refractivity contribution in [2.75, 3.05) is 17.7 Å². The van der Waals surface area contributed by atoms with Gasteiger partial charge < -0.3 is 15.7 Å². The van der Waals surface area contributed by atoms with Crippen molar-refractivity contribution >= 4 is 23.3 Å². The summed E-state index contributed by atoms with van der Waals surface area (Å²) < 4.78 is 0. The Hall–Kier alpha value is -2.04. The number of nitrogen functional groups attached to an aromatic ring is 1. The number of hydrogen-bond donors (Lipinski definition) is 2. The van der Waals surface area contributed by atoms with Crippen molar-refractivity contribution < 1.29 is 14.7 Å². The average Bonchev–Trinajstić information content (AvgIpc) is 2.76. The lowest BCUT2D eigenvalue weighted by Gasteiger charge is -2.30. The Labute approximate surface area is 124 Å². The predicted molar refractivity (Wildman–Crippen MR) is 82.3 cm³/mol. The first-order valence-electron chi connectivity index (χ1n) is 7.14. The normalized spacial score (nSPS) is 20.2. The maximum atomic E-state index is 12.7. The van der Waals surface area contributed by atoms with Crippen LogP contribution in [-0.4, -0.2) is 24.0 Å². The standard InChI is InChI=1S/C16H22N2O3/c1-16(2)8-4-5-12(16)14(19)18(3)13-7-6-10(17)9-11(13)15(20)21/h6-7,9,12H,4-5,8,17H2,1-3H3,(H,20,21). The van der Waals surface area contributed by atoms with Gasteiger partial charge in [-0.05, 0) is 36.5 Å². The van der Waals surface area contributed by atoms with E-state index in [2.05, 4.69) is 13.8 Å². The van der Waals surface area contributed by atoms with Crippen LogP contribution >= 0.6 is 0 Å². The van der Waals surface area contributed by atoms with Crippen molar-refractivity contribution in [2.24, 2.45) is 11.3 Å². The SMILES string of the molecule is CN(C(=O)C1CCCC1(C)C)c1ccc(N)cc1C(=O)O. The van der Waals surface area contributed by atoms with E-state index in [-0.39, 0.29) is 22.8 Å². The molecule has 5 nitrogen and oxygen atoms in total. The number of carbonyl (C=O) groups is 2. The summed E-state index contributed by atoms with van der Waals surface area (Å²) in [7, 11) is 1.63. The molecular formula is C16H22N2O3. The highest BCUT2D eigenvalue weighted by atomic mass is 16.4. The lowest BCUT2D eigenvalue weighted by atomic mass is 9.81. The van der Waals surface area contributed by atoms with Gasteiger partial charge in [-0.2, -0.15) is 0 Å². The van der Waals surface area contributed by atoms with Crippen LogP contribution in [0.1, 0.15) is 43.5 Å². The maximum Gasteiger partial charge on any atom is 0.337 e. The van der Waals surface area contributed by atoms with Crippen LogP contribution in [-0.2, 0) is 4.79 Å². The lowest BCUT2D eigenvalue weighted by molar-refractivity contribution is -0.124. The number of benzene rings is 1. The van der Waals surface area contributed by atoms with E-state index in [1.807, 2.05) is 0 Å². The Morgan fingerprint density at radius 1 is 1.38 bits per heavy atom. The molecule has 0 aromatic heterocycles. The summed E-state index contributed by atoms with van der Waals surface area (Å²) in [5.41, 5.74) is 6.42. The van der Waals surface area contributed by atoms with Gasteiger partial charge in [0.1, 0.15) is 0 Å². The van der Waals surface area contributed by atoms with E-state index in [0.29, 0.717) is 11.4 Å². The highest BCUT2D eigenvalue weighted by Crippen LogP contribution is 2.44. The Balaban J connectivity index is 2.34. The highest BCUT2D eigenvalue weighted by molar-refractivity contribution is 6.03. The number of anilines is 2. The van der Waals surface area contributed by atoms with E-state index >= 15 is 0 Å². The molecule has 1 saturated carbocycles. The quantitative estimate of drug-likeness (QED) is 0.838. The fourth-order valence-corrected chi connectivity index (χ4v) is 3.15. The van der Waals surface area contributed by atoms with Crippen LogP contribution in [0, 0.1) is 11.3 Å². The van der Waals surface area contributed by atoms with Gasteiger partial charge in [0, 0.05) is 18.7 Å². The van der Waals surface area contributed by atoms with Crippen molar-refractivity contribution in [3.05, 3.63) is 23.8 Å². The molecule has 1 aromatic carbocycles. The maximum absolute atomic E-state index is 12.7. The molecule has 3 N–H and O–H groups in total. The summed E-state index contributed by atoms with van der Waals surface area (Å²) in [6.45, 7) is 4.19. The highest BCUT2D eigenvalue weighted by Gasteiger charge is 2.41. The molecule has 0 radical (unpaired) electrons. The van der Waals surface area contributed by atoms with Crippen molar-refractivity contribution in [3.63, 3.8) is 0 Å². The van der Waals surface area contributed by atoms with E-state index in [9.17, 15) is 14.7 Å². The number of carboxylic acid groups (broad SMARTS) is 1. The van der Waals surface area contributed by atoms with Gasteiger partial charge in [-0.3, -0.25) is 4.79 Å². The molecule has 1 fully saturated rings. The Morgan fingerprint density at radius 2 is 2.05 bits per heavy atom. The number of rotatable bonds is 3. The van der Waals surface area contributed by atoms with Gasteiger partial charge in [0.15, 0.2) is 0 Å². The van der Waals surface area contributed by atoms with Crippen LogP contribution in [0.15, 0.2) is 18.2 Å². The molecule has 1 amide bonds. The first-order valence-corrected chi connectivity index (χ1v) is 7.14. The Kier molecular flexibility index (Phi) is 3.94. The minimum Gasteiger partial charge on any atom is -0.478 e. The van der Waals surface area contributed by atoms with E-state index < -0.39 is 5.97 Å². The fourth-order valence-electron chi connectivity index (χ4n) is 3.15. The van der Waals surface area contributed by atoms with Crippen LogP contribution in [0.2, 0.25) is 0 Å². The summed E-state index contributed by atoms with van der Waals surface area (Å²) in [5, 5.41) is 9.30. The van der Waals surface area contributed by atoms with Crippen molar-refractivity contribution in [1.82, 2.24) is 0 Å². The summed E-state index contributed by atoms with van der Waals surface area (Å²) in [5.74, 6) is -1.17. The molecule has 1 atom stereocenters. The second-order valence-electron chi connectivity index (χ2n) is 6.41. The molecule has 0 saturated heterocycles. The average molecular weight is 290 g/mol. The zero-order valence-electron chi connectivity index (χ0n) is 12.7. The van der Waals surface area contributed by atoms with Crippen molar-refractivity contribution in [3.8, 4) is 0 Å². The molecule has 21 heavy (non-hydrogen) atoms. The summed E-state index contributed by atoms with van der Waals surface area (Å²) in [6.07, 6.45) is 2.91. The number of nitrogens with two attached hydrogens (primary N) is 1. The molecule has 1 unspecified atom stereocenters. The third kappa shape index (κ3) is 2.86. The van der Waals surface area contributed by atoms with Crippen molar-refractivity contribution in [1.29, 1.82) is 0 Å². The minimum atomic E-state index is -1.08. The molecule has 2 rings (SSSR count). The number of carboxylic acids is 1. The summed E-state index contributed by atoms with van der Waals surface area (Å²) >= 11 is 0. The van der Waals surface area contributed by atoms with E-state index in [0.717, 1.165) is 19.3 Å². The smallest absolute Gasteiger partial charge is 0.337 e. The third-order valence-corrected chi connectivity index (χ3v) is 4.50. The van der Waals surface area contributed by atoms with Gasteiger partial charge in [0.25, 0.3) is 0 Å². The number of hydrogen-bond acceptors (Lipinski definition) is 3. The molecular weight excluding hydrogens is 268 g/mol.